The van der Waals surface area contributed by atoms with Crippen molar-refractivity contribution in [3.8, 4) is 51.6 Å². The maximum Gasteiger partial charge on any atom is 2.00 e. The molecule has 1 N–H and O–H groups in total. The van der Waals surface area contributed by atoms with E-state index >= 15 is 0 Å². The Morgan fingerprint density at radius 3 is 1.35 bits per heavy atom. The van der Waals surface area contributed by atoms with E-state index in [1.807, 2.05) is 18.2 Å². The van der Waals surface area contributed by atoms with Gasteiger partial charge in [0.15, 0.2) is 0 Å². The van der Waals surface area contributed by atoms with Crippen molar-refractivity contribution in [3.05, 3.63) is 101 Å². The van der Waals surface area contributed by atoms with E-state index in [0.717, 1.165) is 49.7 Å². The van der Waals surface area contributed by atoms with E-state index in [1.165, 1.54) is 6.08 Å². The molecule has 8 bridgehead atoms. The van der Waals surface area contributed by atoms with Gasteiger partial charge in [-0.05, 0) is 90.4 Å². The zero-order valence-electron chi connectivity index (χ0n) is 35.1. The number of hydrogen-bond donors (Lipinski definition) is 1. The molecule has 0 aliphatic carbocycles. The first-order valence-corrected chi connectivity index (χ1v) is 19.5. The van der Waals surface area contributed by atoms with E-state index in [9.17, 15) is 15.2 Å². The quantitative estimate of drug-likeness (QED) is 0.1000. The number of carboxylic acids is 1. The number of rotatable bonds is 2. The van der Waals surface area contributed by atoms with Crippen LogP contribution in [0.4, 0.5) is 0 Å². The summed E-state index contributed by atoms with van der Waals surface area (Å²) in [5.74, 6) is 0.462. The van der Waals surface area contributed by atoms with Gasteiger partial charge in [0.05, 0.1) is 23.3 Å². The van der Waals surface area contributed by atoms with Crippen molar-refractivity contribution in [3.63, 3.8) is 0 Å². The van der Waals surface area contributed by atoms with Crippen molar-refractivity contribution in [1.29, 1.82) is 5.26 Å². The number of aliphatic carboxylic acids is 1. The molecule has 7 aromatic rings. The summed E-state index contributed by atoms with van der Waals surface area (Å²) in [5.41, 5.74) is 7.93. The molecule has 292 valence electrons. The van der Waals surface area contributed by atoms with Crippen molar-refractivity contribution >= 4 is 56.2 Å². The van der Waals surface area contributed by atoms with Crippen LogP contribution in [0, 0.1) is 11.3 Å². The minimum absolute atomic E-state index is 0. The summed E-state index contributed by atoms with van der Waals surface area (Å²) in [7, 11) is 0. The van der Waals surface area contributed by atoms with Gasteiger partial charge in [0.25, 0.3) is 0 Å². The van der Waals surface area contributed by atoms with Gasteiger partial charge in [-0.1, -0.05) is 111 Å². The molecule has 4 aromatic carbocycles. The molecular weight excluding hydrogens is 800 g/mol. The SMILES string of the molecule is CC(C)(C)c1ccc2c(c1)-c1nc-2nc2[n-]c(nc3nc(nc4[n-]c(n1)c1ccc(C(C)(C)C)cc41)-c1cc(C(C)(C)C)ccc1-3)c1cc(/C=C(\C#N)C(=O)O)ccc21.[Zn+2]. The normalized spacial score (nSPS) is 12.8. The van der Waals surface area contributed by atoms with Gasteiger partial charge in [-0.15, -0.1) is 0 Å². The molecule has 0 unspecified atom stereocenters. The van der Waals surface area contributed by atoms with E-state index in [-0.39, 0.29) is 35.7 Å². The van der Waals surface area contributed by atoms with E-state index in [4.69, 9.17) is 39.9 Å². The number of fused-ring (bicyclic) bond motifs is 20. The van der Waals surface area contributed by atoms with Gasteiger partial charge in [-0.25, -0.2) is 14.8 Å². The fourth-order valence-electron chi connectivity index (χ4n) is 7.48. The molecule has 0 amide bonds. The summed E-state index contributed by atoms with van der Waals surface area (Å²) in [6.07, 6.45) is 1.33. The topological polar surface area (TPSA) is 167 Å². The molecule has 0 saturated carbocycles. The Kier molecular flexibility index (Phi) is 9.48. The van der Waals surface area contributed by atoms with Crippen LogP contribution >= 0.6 is 0 Å². The van der Waals surface area contributed by atoms with Gasteiger partial charge in [0, 0.05) is 44.8 Å². The zero-order valence-corrected chi connectivity index (χ0v) is 38.1. The predicted octanol–water partition coefficient (Wildman–Crippen LogP) is 10.0. The molecule has 9 rings (SSSR count). The van der Waals surface area contributed by atoms with Gasteiger partial charge in [-0.3, -0.25) is 0 Å². The summed E-state index contributed by atoms with van der Waals surface area (Å²) in [5, 5.41) is 22.1. The number of aromatic nitrogens is 8. The molecular formula is C48H41N9O2Zn. The summed E-state index contributed by atoms with van der Waals surface area (Å²) in [6.45, 7) is 19.5. The van der Waals surface area contributed by atoms with Crippen LogP contribution < -0.4 is 9.97 Å². The van der Waals surface area contributed by atoms with Gasteiger partial charge in [0.2, 0.25) is 0 Å². The second-order valence-electron chi connectivity index (χ2n) is 18.3. The smallest absolute Gasteiger partial charge is 0.477 e. The zero-order chi connectivity index (χ0) is 41.8. The van der Waals surface area contributed by atoms with Crippen LogP contribution in [0.5, 0.6) is 0 Å². The minimum atomic E-state index is -1.32. The first-order valence-electron chi connectivity index (χ1n) is 19.5. The van der Waals surface area contributed by atoms with E-state index < -0.39 is 11.5 Å². The fraction of sp³-hybridized carbons (Fsp3) is 0.250. The van der Waals surface area contributed by atoms with Crippen molar-refractivity contribution in [2.45, 2.75) is 78.6 Å². The molecule has 0 fully saturated rings. The molecule has 0 spiro atoms. The average Bonchev–Trinajstić information content (AvgIpc) is 3.90. The van der Waals surface area contributed by atoms with Crippen molar-refractivity contribution in [2.24, 2.45) is 0 Å². The maximum absolute atomic E-state index is 11.8. The molecule has 12 heteroatoms. The number of benzene rings is 4. The Hall–Kier alpha value is -6.44. The van der Waals surface area contributed by atoms with Crippen LogP contribution in [0.2, 0.25) is 0 Å². The van der Waals surface area contributed by atoms with Crippen LogP contribution in [0.25, 0.3) is 95.8 Å². The molecule has 3 aromatic heterocycles. The van der Waals surface area contributed by atoms with Crippen molar-refractivity contribution in [2.75, 3.05) is 0 Å². The van der Waals surface area contributed by atoms with Gasteiger partial charge < -0.3 is 35.0 Å². The largest absolute Gasteiger partial charge is 2.00 e. The Morgan fingerprint density at radius 2 is 0.917 bits per heavy atom. The van der Waals surface area contributed by atoms with Crippen molar-refractivity contribution < 1.29 is 29.4 Å². The van der Waals surface area contributed by atoms with Gasteiger partial charge >= 0.3 is 25.4 Å². The van der Waals surface area contributed by atoms with Crippen LogP contribution in [0.3, 0.4) is 0 Å². The average molecular weight is 841 g/mol. The molecule has 0 radical (unpaired) electrons. The number of carbonyl (C=O) groups is 1. The summed E-state index contributed by atoms with van der Waals surface area (Å²) in [6, 6.07) is 25.9. The third kappa shape index (κ3) is 6.97. The first-order chi connectivity index (χ1) is 27.8. The fourth-order valence-corrected chi connectivity index (χ4v) is 7.48. The van der Waals surface area contributed by atoms with Gasteiger partial charge in [-0.2, -0.15) is 5.26 Å². The molecule has 0 atom stereocenters. The minimum Gasteiger partial charge on any atom is -0.477 e. The molecule has 0 saturated heterocycles. The first kappa shape index (κ1) is 40.3. The third-order valence-corrected chi connectivity index (χ3v) is 11.0. The molecule has 60 heavy (non-hydrogen) atoms. The maximum atomic E-state index is 11.8. The van der Waals surface area contributed by atoms with E-state index in [0.29, 0.717) is 62.2 Å². The summed E-state index contributed by atoms with van der Waals surface area (Å²) in [4.78, 5) is 52.6. The molecule has 5 heterocycles. The predicted molar refractivity (Wildman–Crippen MR) is 231 cm³/mol. The molecule has 2 aliphatic heterocycles. The Balaban J connectivity index is 0.00000499. The second-order valence-corrected chi connectivity index (χ2v) is 18.3. The number of carboxylic acid groups (broad SMARTS) is 1. The Labute approximate surface area is 359 Å². The third-order valence-electron chi connectivity index (χ3n) is 11.0. The monoisotopic (exact) mass is 839 g/mol. The molecule has 2 aliphatic rings. The second kappa shape index (κ2) is 14.1. The number of nitrogens with zero attached hydrogens (tertiary/aromatic N) is 9. The summed E-state index contributed by atoms with van der Waals surface area (Å²) < 4.78 is 0. The Bertz CT molecular complexity index is 3220. The Morgan fingerprint density at radius 1 is 0.533 bits per heavy atom. The summed E-state index contributed by atoms with van der Waals surface area (Å²) >= 11 is 0. The van der Waals surface area contributed by atoms with E-state index in [1.54, 1.807) is 18.2 Å². The van der Waals surface area contributed by atoms with Gasteiger partial charge in [0.1, 0.15) is 11.6 Å². The molecule has 11 nitrogen and oxygen atoms in total. The van der Waals surface area contributed by atoms with Crippen LogP contribution in [-0.2, 0) is 40.5 Å². The van der Waals surface area contributed by atoms with Crippen LogP contribution in [0.15, 0.2) is 78.4 Å². The van der Waals surface area contributed by atoms with Crippen molar-refractivity contribution in [1.82, 2.24) is 39.9 Å². The van der Waals surface area contributed by atoms with E-state index in [2.05, 4.69) is 105 Å². The number of nitriles is 1. The number of hydrogen-bond acceptors (Lipinski definition) is 8. The van der Waals surface area contributed by atoms with Crippen LogP contribution in [-0.4, -0.2) is 41.0 Å². The van der Waals surface area contributed by atoms with Crippen LogP contribution in [0.1, 0.15) is 84.6 Å². The standard InChI is InChI=1S/C48H42N9O2.Zn/c1-46(2,3)26-11-15-30-34(20-26)42-53-38(30)50-37-29-14-10-24(18-25(23-49)45(58)59)19-33(29)41(51-37)52-39-31-16-12-27(47(4,5)6)21-35(31)43(55-39)57-44-36-22-28(48(7,8)9)13-17-32(36)40(54-42)56-44;/h10-22H,1-9H3,(H2-,50,51,52,53,54,55,56,57,58,59);/q-1;+2/p-1/b25-18+;.